The maximum absolute atomic E-state index is 13.4. The van der Waals surface area contributed by atoms with E-state index >= 15 is 0 Å². The quantitative estimate of drug-likeness (QED) is 0.453. The van der Waals surface area contributed by atoms with Gasteiger partial charge in [0.15, 0.2) is 5.16 Å². The summed E-state index contributed by atoms with van der Waals surface area (Å²) in [6, 6.07) is 10.5. The predicted octanol–water partition coefficient (Wildman–Crippen LogP) is 3.88. The monoisotopic (exact) mass is 413 g/mol. The Labute approximate surface area is 172 Å². The normalized spacial score (nSPS) is 18.0. The average molecular weight is 414 g/mol. The van der Waals surface area contributed by atoms with E-state index in [-0.39, 0.29) is 5.56 Å². The number of morpholine rings is 1. The van der Waals surface area contributed by atoms with Crippen LogP contribution in [0, 0.1) is 0 Å². The van der Waals surface area contributed by atoms with Crippen molar-refractivity contribution in [3.8, 4) is 11.1 Å². The van der Waals surface area contributed by atoms with Crippen molar-refractivity contribution in [2.45, 2.75) is 24.0 Å². The maximum Gasteiger partial charge on any atom is 0.263 e. The van der Waals surface area contributed by atoms with Crippen LogP contribution in [0.25, 0.3) is 21.3 Å². The van der Waals surface area contributed by atoms with E-state index in [9.17, 15) is 4.79 Å². The Morgan fingerprint density at radius 3 is 2.71 bits per heavy atom. The summed E-state index contributed by atoms with van der Waals surface area (Å²) in [4.78, 5) is 21.6. The standard InChI is InChI=1S/C21H23N3O2S2/c25-20-18-17(15-4-2-1-3-5-15)14-28-19(18)22-21(24(20)16-6-7-16)27-13-10-23-8-11-26-12-9-23/h1-5,14,16H,6-13H2. The molecule has 0 spiro atoms. The molecule has 0 N–H and O–H groups in total. The molecule has 0 amide bonds. The molecule has 0 atom stereocenters. The van der Waals surface area contributed by atoms with Gasteiger partial charge in [0.1, 0.15) is 4.83 Å². The minimum Gasteiger partial charge on any atom is -0.379 e. The number of rotatable bonds is 6. The van der Waals surface area contributed by atoms with E-state index in [1.54, 1.807) is 23.1 Å². The largest absolute Gasteiger partial charge is 0.379 e. The summed E-state index contributed by atoms with van der Waals surface area (Å²) in [7, 11) is 0. The second-order valence-electron chi connectivity index (χ2n) is 7.30. The van der Waals surface area contributed by atoms with E-state index in [0.29, 0.717) is 6.04 Å². The van der Waals surface area contributed by atoms with Crippen molar-refractivity contribution < 1.29 is 4.74 Å². The zero-order chi connectivity index (χ0) is 18.9. The summed E-state index contributed by atoms with van der Waals surface area (Å²) >= 11 is 3.29. The second kappa shape index (κ2) is 7.99. The van der Waals surface area contributed by atoms with Crippen molar-refractivity contribution >= 4 is 33.3 Å². The van der Waals surface area contributed by atoms with Gasteiger partial charge in [-0.05, 0) is 18.4 Å². The van der Waals surface area contributed by atoms with Crippen molar-refractivity contribution in [1.29, 1.82) is 0 Å². The smallest absolute Gasteiger partial charge is 0.263 e. The summed E-state index contributed by atoms with van der Waals surface area (Å²) in [5.41, 5.74) is 2.22. The number of ether oxygens (including phenoxy) is 1. The van der Waals surface area contributed by atoms with Crippen LogP contribution < -0.4 is 5.56 Å². The number of benzene rings is 1. The molecule has 7 heteroatoms. The fourth-order valence-corrected chi connectivity index (χ4v) is 5.72. The molecule has 0 unspecified atom stereocenters. The molecule has 0 bridgehead atoms. The van der Waals surface area contributed by atoms with Gasteiger partial charge in [-0.15, -0.1) is 11.3 Å². The third-order valence-electron chi connectivity index (χ3n) is 5.35. The van der Waals surface area contributed by atoms with Crippen LogP contribution in [0.3, 0.4) is 0 Å². The Kier molecular flexibility index (Phi) is 5.24. The number of fused-ring (bicyclic) bond motifs is 1. The van der Waals surface area contributed by atoms with E-state index in [0.717, 1.165) is 77.9 Å². The van der Waals surface area contributed by atoms with Gasteiger partial charge in [-0.1, -0.05) is 42.1 Å². The Bertz CT molecular complexity index is 1020. The first-order valence-corrected chi connectivity index (χ1v) is 11.7. The van der Waals surface area contributed by atoms with Gasteiger partial charge in [0, 0.05) is 42.4 Å². The zero-order valence-electron chi connectivity index (χ0n) is 15.7. The zero-order valence-corrected chi connectivity index (χ0v) is 17.3. The summed E-state index contributed by atoms with van der Waals surface area (Å²) in [5.74, 6) is 0.946. The number of thiophene rings is 1. The lowest BCUT2D eigenvalue weighted by Gasteiger charge is -2.26. The number of aromatic nitrogens is 2. The SMILES string of the molecule is O=c1c2c(-c3ccccc3)csc2nc(SCCN2CCOCC2)n1C1CC1. The van der Waals surface area contributed by atoms with Crippen LogP contribution >= 0.6 is 23.1 Å². The van der Waals surface area contributed by atoms with Gasteiger partial charge >= 0.3 is 0 Å². The van der Waals surface area contributed by atoms with Gasteiger partial charge in [0.2, 0.25) is 0 Å². The second-order valence-corrected chi connectivity index (χ2v) is 9.22. The molecule has 1 saturated heterocycles. The molecule has 0 radical (unpaired) electrons. The fourth-order valence-electron chi connectivity index (χ4n) is 3.66. The van der Waals surface area contributed by atoms with Crippen molar-refractivity contribution in [3.63, 3.8) is 0 Å². The van der Waals surface area contributed by atoms with Crippen molar-refractivity contribution in [1.82, 2.24) is 14.5 Å². The van der Waals surface area contributed by atoms with Crippen molar-refractivity contribution in [2.24, 2.45) is 0 Å². The number of hydrogen-bond donors (Lipinski definition) is 0. The number of hydrogen-bond acceptors (Lipinski definition) is 6. The molecular weight excluding hydrogens is 390 g/mol. The molecule has 2 aliphatic rings. The Balaban J connectivity index is 1.46. The topological polar surface area (TPSA) is 47.4 Å². The molecule has 2 fully saturated rings. The maximum atomic E-state index is 13.4. The molecular formula is C21H23N3O2S2. The van der Waals surface area contributed by atoms with Crippen LogP contribution in [-0.4, -0.2) is 53.1 Å². The molecule has 3 heterocycles. The molecule has 1 saturated carbocycles. The fraction of sp³-hybridized carbons (Fsp3) is 0.429. The minimum absolute atomic E-state index is 0.126. The highest BCUT2D eigenvalue weighted by Gasteiger charge is 2.29. The molecule has 5 nitrogen and oxygen atoms in total. The van der Waals surface area contributed by atoms with Crippen LogP contribution in [0.15, 0.2) is 45.7 Å². The van der Waals surface area contributed by atoms with E-state index in [1.165, 1.54) is 0 Å². The number of thioether (sulfide) groups is 1. The molecule has 146 valence electrons. The average Bonchev–Trinajstić information content (AvgIpc) is 3.47. The van der Waals surface area contributed by atoms with Crippen LogP contribution in [0.1, 0.15) is 18.9 Å². The summed E-state index contributed by atoms with van der Waals surface area (Å²) in [6.07, 6.45) is 2.16. The Morgan fingerprint density at radius 2 is 1.96 bits per heavy atom. The predicted molar refractivity (Wildman–Crippen MR) is 116 cm³/mol. The lowest BCUT2D eigenvalue weighted by Crippen LogP contribution is -2.37. The first-order valence-electron chi connectivity index (χ1n) is 9.83. The lowest BCUT2D eigenvalue weighted by atomic mass is 10.1. The van der Waals surface area contributed by atoms with E-state index in [1.807, 2.05) is 22.8 Å². The third kappa shape index (κ3) is 3.64. The highest BCUT2D eigenvalue weighted by Crippen LogP contribution is 2.39. The first-order chi connectivity index (χ1) is 13.8. The van der Waals surface area contributed by atoms with Gasteiger partial charge in [0.05, 0.1) is 18.6 Å². The van der Waals surface area contributed by atoms with E-state index < -0.39 is 0 Å². The lowest BCUT2D eigenvalue weighted by molar-refractivity contribution is 0.0410. The molecule has 1 aromatic carbocycles. The molecule has 3 aromatic rings. The molecule has 1 aliphatic carbocycles. The molecule has 1 aliphatic heterocycles. The summed E-state index contributed by atoms with van der Waals surface area (Å²) in [6.45, 7) is 4.63. The van der Waals surface area contributed by atoms with Gasteiger partial charge in [-0.2, -0.15) is 0 Å². The van der Waals surface area contributed by atoms with Crippen LogP contribution in [0.2, 0.25) is 0 Å². The highest BCUT2D eigenvalue weighted by atomic mass is 32.2. The van der Waals surface area contributed by atoms with Crippen molar-refractivity contribution in [3.05, 3.63) is 46.1 Å². The Hall–Kier alpha value is -1.67. The summed E-state index contributed by atoms with van der Waals surface area (Å²) in [5, 5.41) is 3.74. The van der Waals surface area contributed by atoms with Gasteiger partial charge in [-0.3, -0.25) is 14.3 Å². The molecule has 28 heavy (non-hydrogen) atoms. The van der Waals surface area contributed by atoms with E-state index in [2.05, 4.69) is 22.4 Å². The first kappa shape index (κ1) is 18.4. The summed E-state index contributed by atoms with van der Waals surface area (Å²) < 4.78 is 7.38. The molecule has 2 aromatic heterocycles. The highest BCUT2D eigenvalue weighted by molar-refractivity contribution is 7.99. The third-order valence-corrected chi connectivity index (χ3v) is 7.15. The van der Waals surface area contributed by atoms with Gasteiger partial charge in [0.25, 0.3) is 5.56 Å². The van der Waals surface area contributed by atoms with Crippen LogP contribution in [-0.2, 0) is 4.74 Å². The van der Waals surface area contributed by atoms with Crippen LogP contribution in [0.4, 0.5) is 0 Å². The minimum atomic E-state index is 0.126. The van der Waals surface area contributed by atoms with Gasteiger partial charge < -0.3 is 4.74 Å². The van der Waals surface area contributed by atoms with Crippen molar-refractivity contribution in [2.75, 3.05) is 38.6 Å². The van der Waals surface area contributed by atoms with Crippen LogP contribution in [0.5, 0.6) is 0 Å². The van der Waals surface area contributed by atoms with E-state index in [4.69, 9.17) is 9.72 Å². The molecule has 5 rings (SSSR count). The van der Waals surface area contributed by atoms with Gasteiger partial charge in [-0.25, -0.2) is 4.98 Å². The Morgan fingerprint density at radius 1 is 1.18 bits per heavy atom. The number of nitrogens with zero attached hydrogens (tertiary/aromatic N) is 3.